The molecule has 1 atom stereocenters. The van der Waals surface area contributed by atoms with E-state index in [4.69, 9.17) is 15.3 Å². The maximum Gasteiger partial charge on any atom is 0.217 e. The summed E-state index contributed by atoms with van der Waals surface area (Å²) >= 11 is 0. The Morgan fingerprint density at radius 3 is 2.72 bits per heavy atom. The molecule has 1 aliphatic rings. The summed E-state index contributed by atoms with van der Waals surface area (Å²) in [6, 6.07) is 0. The standard InChI is InChI=1S/C13H26N2O3/c14-12(16)8-4-2-1-3-6-10-15-18-13-9-5-7-11-17-13/h13,15H,1-11H2,(H2,14,16). The van der Waals surface area contributed by atoms with Crippen LogP contribution in [0.25, 0.3) is 0 Å². The molecule has 0 aromatic rings. The number of amides is 1. The zero-order valence-corrected chi connectivity index (χ0v) is 11.2. The average molecular weight is 258 g/mol. The lowest BCUT2D eigenvalue weighted by molar-refractivity contribution is -0.196. The van der Waals surface area contributed by atoms with Crippen LogP contribution in [-0.2, 0) is 14.4 Å². The fraction of sp³-hybridized carbons (Fsp3) is 0.923. The molecule has 1 unspecified atom stereocenters. The summed E-state index contributed by atoms with van der Waals surface area (Å²) in [5, 5.41) is 0. The monoisotopic (exact) mass is 258 g/mol. The van der Waals surface area contributed by atoms with E-state index < -0.39 is 0 Å². The summed E-state index contributed by atoms with van der Waals surface area (Å²) in [5.41, 5.74) is 8.03. The third-order valence-electron chi connectivity index (χ3n) is 3.05. The molecule has 5 heteroatoms. The molecule has 1 rings (SSSR count). The van der Waals surface area contributed by atoms with E-state index in [1.165, 1.54) is 6.42 Å². The van der Waals surface area contributed by atoms with Crippen molar-refractivity contribution in [3.63, 3.8) is 0 Å². The largest absolute Gasteiger partial charge is 0.370 e. The lowest BCUT2D eigenvalue weighted by atomic mass is 10.1. The Kier molecular flexibility index (Phi) is 8.81. The lowest BCUT2D eigenvalue weighted by Gasteiger charge is -2.22. The van der Waals surface area contributed by atoms with E-state index in [1.54, 1.807) is 0 Å². The van der Waals surface area contributed by atoms with E-state index in [0.717, 1.165) is 58.1 Å². The van der Waals surface area contributed by atoms with Gasteiger partial charge in [0.2, 0.25) is 5.91 Å². The van der Waals surface area contributed by atoms with Gasteiger partial charge in [-0.05, 0) is 25.7 Å². The molecular formula is C13H26N2O3. The molecule has 1 fully saturated rings. The molecule has 1 saturated heterocycles. The summed E-state index contributed by atoms with van der Waals surface area (Å²) in [6.07, 6.45) is 9.15. The van der Waals surface area contributed by atoms with Crippen molar-refractivity contribution in [3.8, 4) is 0 Å². The first-order chi connectivity index (χ1) is 8.79. The van der Waals surface area contributed by atoms with Crippen LogP contribution < -0.4 is 11.2 Å². The highest BCUT2D eigenvalue weighted by molar-refractivity contribution is 5.73. The Balaban J connectivity index is 1.76. The highest BCUT2D eigenvalue weighted by Crippen LogP contribution is 2.12. The summed E-state index contributed by atoms with van der Waals surface area (Å²) < 4.78 is 5.43. The normalized spacial score (nSPS) is 19.9. The average Bonchev–Trinajstić information content (AvgIpc) is 2.37. The van der Waals surface area contributed by atoms with Crippen molar-refractivity contribution in [2.24, 2.45) is 5.73 Å². The van der Waals surface area contributed by atoms with Gasteiger partial charge in [0, 0.05) is 26.0 Å². The number of nitrogens with one attached hydrogen (secondary N) is 1. The van der Waals surface area contributed by atoms with Gasteiger partial charge < -0.3 is 10.5 Å². The number of ether oxygens (including phenoxy) is 1. The zero-order chi connectivity index (χ0) is 13.1. The SMILES string of the molecule is NC(=O)CCCCCCCNOC1CCCCO1. The number of rotatable bonds is 10. The molecule has 1 amide bonds. The number of hydrogen-bond donors (Lipinski definition) is 2. The zero-order valence-electron chi connectivity index (χ0n) is 11.2. The predicted octanol–water partition coefficient (Wildman–Crippen LogP) is 1.86. The third-order valence-corrected chi connectivity index (χ3v) is 3.05. The molecule has 0 radical (unpaired) electrons. The van der Waals surface area contributed by atoms with E-state index >= 15 is 0 Å². The lowest BCUT2D eigenvalue weighted by Crippen LogP contribution is -2.29. The summed E-state index contributed by atoms with van der Waals surface area (Å²) in [6.45, 7) is 1.67. The number of carbonyl (C=O) groups excluding carboxylic acids is 1. The topological polar surface area (TPSA) is 73.6 Å². The molecule has 0 aliphatic carbocycles. The second-order valence-electron chi connectivity index (χ2n) is 4.79. The van der Waals surface area contributed by atoms with Crippen molar-refractivity contribution >= 4 is 5.91 Å². The maximum absolute atomic E-state index is 10.5. The van der Waals surface area contributed by atoms with Gasteiger partial charge in [-0.25, -0.2) is 0 Å². The molecule has 1 heterocycles. The van der Waals surface area contributed by atoms with Gasteiger partial charge in [-0.15, -0.1) is 0 Å². The van der Waals surface area contributed by atoms with E-state index in [0.29, 0.717) is 6.42 Å². The molecule has 0 aromatic carbocycles. The van der Waals surface area contributed by atoms with Gasteiger partial charge in [-0.1, -0.05) is 19.3 Å². The molecular weight excluding hydrogens is 232 g/mol. The Labute approximate surface area is 109 Å². The summed E-state index contributed by atoms with van der Waals surface area (Å²) in [5.74, 6) is -0.197. The summed E-state index contributed by atoms with van der Waals surface area (Å²) in [4.78, 5) is 15.9. The molecule has 1 aliphatic heterocycles. The van der Waals surface area contributed by atoms with Gasteiger partial charge in [0.05, 0.1) is 0 Å². The molecule has 0 spiro atoms. The third kappa shape index (κ3) is 8.44. The van der Waals surface area contributed by atoms with Gasteiger partial charge in [0.1, 0.15) is 0 Å². The second-order valence-corrected chi connectivity index (χ2v) is 4.79. The molecule has 18 heavy (non-hydrogen) atoms. The fourth-order valence-electron chi connectivity index (χ4n) is 1.98. The number of nitrogens with two attached hydrogens (primary N) is 1. The minimum Gasteiger partial charge on any atom is -0.370 e. The highest BCUT2D eigenvalue weighted by Gasteiger charge is 2.13. The van der Waals surface area contributed by atoms with Crippen LogP contribution in [-0.4, -0.2) is 25.3 Å². The first kappa shape index (κ1) is 15.4. The second kappa shape index (κ2) is 10.3. The van der Waals surface area contributed by atoms with Crippen LogP contribution in [0, 0.1) is 0 Å². The summed E-state index contributed by atoms with van der Waals surface area (Å²) in [7, 11) is 0. The van der Waals surface area contributed by atoms with Gasteiger partial charge in [-0.2, -0.15) is 5.48 Å². The van der Waals surface area contributed by atoms with Crippen LogP contribution in [0.5, 0.6) is 0 Å². The van der Waals surface area contributed by atoms with Crippen molar-refractivity contribution < 1.29 is 14.4 Å². The molecule has 0 saturated carbocycles. The van der Waals surface area contributed by atoms with E-state index in [-0.39, 0.29) is 12.2 Å². The van der Waals surface area contributed by atoms with E-state index in [1.807, 2.05) is 0 Å². The first-order valence-corrected chi connectivity index (χ1v) is 7.07. The molecule has 3 N–H and O–H groups in total. The Hall–Kier alpha value is -0.650. The van der Waals surface area contributed by atoms with Crippen LogP contribution in [0.2, 0.25) is 0 Å². The van der Waals surface area contributed by atoms with Crippen molar-refractivity contribution in [2.75, 3.05) is 13.2 Å². The molecule has 0 bridgehead atoms. The van der Waals surface area contributed by atoms with Crippen LogP contribution in [0.4, 0.5) is 0 Å². The van der Waals surface area contributed by atoms with Gasteiger partial charge in [0.25, 0.3) is 0 Å². The highest BCUT2D eigenvalue weighted by atomic mass is 16.8. The Morgan fingerprint density at radius 1 is 1.22 bits per heavy atom. The number of hydroxylamine groups is 1. The fourth-order valence-corrected chi connectivity index (χ4v) is 1.98. The van der Waals surface area contributed by atoms with Crippen LogP contribution >= 0.6 is 0 Å². The molecule has 106 valence electrons. The number of unbranched alkanes of at least 4 members (excludes halogenated alkanes) is 4. The van der Waals surface area contributed by atoms with E-state index in [2.05, 4.69) is 5.48 Å². The van der Waals surface area contributed by atoms with Crippen molar-refractivity contribution in [1.82, 2.24) is 5.48 Å². The molecule has 0 aromatic heterocycles. The van der Waals surface area contributed by atoms with Gasteiger partial charge >= 0.3 is 0 Å². The van der Waals surface area contributed by atoms with Crippen LogP contribution in [0.15, 0.2) is 0 Å². The smallest absolute Gasteiger partial charge is 0.217 e. The number of carbonyl (C=O) groups is 1. The van der Waals surface area contributed by atoms with Gasteiger partial charge in [-0.3, -0.25) is 9.63 Å². The van der Waals surface area contributed by atoms with Crippen molar-refractivity contribution in [2.45, 2.75) is 64.1 Å². The van der Waals surface area contributed by atoms with E-state index in [9.17, 15) is 4.79 Å². The van der Waals surface area contributed by atoms with Crippen LogP contribution in [0.1, 0.15) is 57.8 Å². The van der Waals surface area contributed by atoms with Crippen LogP contribution in [0.3, 0.4) is 0 Å². The number of hydrogen-bond acceptors (Lipinski definition) is 4. The van der Waals surface area contributed by atoms with Crippen molar-refractivity contribution in [3.05, 3.63) is 0 Å². The number of primary amides is 1. The Morgan fingerprint density at radius 2 is 2.00 bits per heavy atom. The van der Waals surface area contributed by atoms with Gasteiger partial charge in [0.15, 0.2) is 6.29 Å². The maximum atomic E-state index is 10.5. The minimum atomic E-state index is -0.197. The quantitative estimate of drug-likeness (QED) is 0.463. The molecule has 5 nitrogen and oxygen atoms in total. The Bertz CT molecular complexity index is 218. The predicted molar refractivity (Wildman–Crippen MR) is 69.6 cm³/mol. The van der Waals surface area contributed by atoms with Crippen molar-refractivity contribution in [1.29, 1.82) is 0 Å². The first-order valence-electron chi connectivity index (χ1n) is 7.07. The minimum absolute atomic E-state index is 0.0608.